The molecule has 0 aliphatic rings. The molecule has 0 saturated carbocycles. The lowest BCUT2D eigenvalue weighted by Gasteiger charge is -2.13. The van der Waals surface area contributed by atoms with Crippen LogP contribution in [0.4, 0.5) is 0 Å². The van der Waals surface area contributed by atoms with Gasteiger partial charge in [-0.3, -0.25) is 9.59 Å². The van der Waals surface area contributed by atoms with E-state index in [0.717, 1.165) is 0 Å². The van der Waals surface area contributed by atoms with Crippen LogP contribution < -0.4 is 10.0 Å². The molecule has 0 saturated heterocycles. The second-order valence-corrected chi connectivity index (χ2v) is 6.67. The van der Waals surface area contributed by atoms with Crippen molar-refractivity contribution < 1.29 is 27.9 Å². The number of carboxylic acids is 1. The van der Waals surface area contributed by atoms with Crippen LogP contribution in [0.2, 0.25) is 0 Å². The van der Waals surface area contributed by atoms with Gasteiger partial charge in [-0.15, -0.1) is 0 Å². The number of aryl methyl sites for hydroxylation is 1. The number of methoxy groups -OCH3 is 1. The van der Waals surface area contributed by atoms with Gasteiger partial charge in [-0.1, -0.05) is 6.07 Å². The van der Waals surface area contributed by atoms with Crippen molar-refractivity contribution in [1.29, 1.82) is 0 Å². The Hall–Kier alpha value is -1.97. The summed E-state index contributed by atoms with van der Waals surface area (Å²) in [5.74, 6) is -1.83. The minimum Gasteiger partial charge on any atom is -0.480 e. The molecule has 0 unspecified atom stereocenters. The second kappa shape index (κ2) is 8.04. The molecule has 8 nitrogen and oxygen atoms in total. The third kappa shape index (κ3) is 5.31. The molecule has 0 aliphatic carbocycles. The highest BCUT2D eigenvalue weighted by atomic mass is 32.2. The minimum absolute atomic E-state index is 0.0765. The average Bonchev–Trinajstić information content (AvgIpc) is 2.47. The lowest BCUT2D eigenvalue weighted by atomic mass is 10.1. The Labute approximate surface area is 134 Å². The number of benzene rings is 1. The van der Waals surface area contributed by atoms with Crippen LogP contribution in [-0.2, 0) is 19.6 Å². The van der Waals surface area contributed by atoms with E-state index >= 15 is 0 Å². The van der Waals surface area contributed by atoms with Gasteiger partial charge >= 0.3 is 5.97 Å². The van der Waals surface area contributed by atoms with E-state index in [-0.39, 0.29) is 23.6 Å². The van der Waals surface area contributed by atoms with Crippen LogP contribution in [0.15, 0.2) is 23.1 Å². The second-order valence-electron chi connectivity index (χ2n) is 4.90. The zero-order valence-corrected chi connectivity index (χ0v) is 13.9. The largest absolute Gasteiger partial charge is 0.480 e. The molecule has 0 radical (unpaired) electrons. The lowest BCUT2D eigenvalue weighted by molar-refractivity contribution is -0.138. The first-order valence-electron chi connectivity index (χ1n) is 6.82. The van der Waals surface area contributed by atoms with E-state index in [1.54, 1.807) is 6.92 Å². The van der Waals surface area contributed by atoms with E-state index < -0.39 is 27.9 Å². The van der Waals surface area contributed by atoms with Crippen molar-refractivity contribution in [3.63, 3.8) is 0 Å². The number of hydrogen-bond donors (Lipinski definition) is 3. The Morgan fingerprint density at radius 1 is 1.35 bits per heavy atom. The fourth-order valence-electron chi connectivity index (χ4n) is 1.71. The highest BCUT2D eigenvalue weighted by molar-refractivity contribution is 7.89. The summed E-state index contributed by atoms with van der Waals surface area (Å²) in [7, 11) is -2.33. The van der Waals surface area contributed by atoms with E-state index in [1.807, 2.05) is 0 Å². The first kappa shape index (κ1) is 19.1. The molecule has 0 bridgehead atoms. The number of hydrogen-bond acceptors (Lipinski definition) is 5. The minimum atomic E-state index is -3.78. The average molecular weight is 344 g/mol. The number of carbonyl (C=O) groups is 2. The number of carboxylic acid groups (broad SMARTS) is 1. The van der Waals surface area contributed by atoms with Gasteiger partial charge in [0.05, 0.1) is 11.5 Å². The first-order chi connectivity index (χ1) is 10.7. The van der Waals surface area contributed by atoms with Gasteiger partial charge in [-0.2, -0.15) is 0 Å². The molecule has 0 aliphatic heterocycles. The van der Waals surface area contributed by atoms with E-state index in [1.165, 1.54) is 32.2 Å². The highest BCUT2D eigenvalue weighted by Gasteiger charge is 2.20. The van der Waals surface area contributed by atoms with E-state index in [9.17, 15) is 18.0 Å². The van der Waals surface area contributed by atoms with Crippen molar-refractivity contribution in [1.82, 2.24) is 10.0 Å². The number of aliphatic carboxylic acids is 1. The summed E-state index contributed by atoms with van der Waals surface area (Å²) < 4.78 is 31.4. The molecule has 1 atom stereocenters. The predicted octanol–water partition coefficient (Wildman–Crippen LogP) is 0.123. The summed E-state index contributed by atoms with van der Waals surface area (Å²) in [5.41, 5.74) is 0.642. The fourth-order valence-corrected chi connectivity index (χ4v) is 2.75. The summed E-state index contributed by atoms with van der Waals surface area (Å²) in [6.45, 7) is 3.27. The van der Waals surface area contributed by atoms with Crippen LogP contribution in [-0.4, -0.2) is 51.7 Å². The van der Waals surface area contributed by atoms with E-state index in [0.29, 0.717) is 5.56 Å². The van der Waals surface area contributed by atoms with Gasteiger partial charge in [0.2, 0.25) is 10.0 Å². The maximum Gasteiger partial charge on any atom is 0.325 e. The number of amides is 1. The molecule has 9 heteroatoms. The molecule has 0 fully saturated rings. The van der Waals surface area contributed by atoms with Crippen LogP contribution in [0.1, 0.15) is 22.8 Å². The third-order valence-corrected chi connectivity index (χ3v) is 4.54. The van der Waals surface area contributed by atoms with Gasteiger partial charge < -0.3 is 15.2 Å². The van der Waals surface area contributed by atoms with Crippen molar-refractivity contribution in [3.05, 3.63) is 29.3 Å². The SMILES string of the molecule is COCCNS(=O)(=O)c1ccc(C)c(C(=O)N[C@@H](C)C(=O)O)c1. The van der Waals surface area contributed by atoms with Crippen molar-refractivity contribution >= 4 is 21.9 Å². The highest BCUT2D eigenvalue weighted by Crippen LogP contribution is 2.16. The summed E-state index contributed by atoms with van der Waals surface area (Å²) in [5, 5.41) is 11.1. The molecule has 128 valence electrons. The molecule has 23 heavy (non-hydrogen) atoms. The van der Waals surface area contributed by atoms with Crippen LogP contribution in [0.25, 0.3) is 0 Å². The van der Waals surface area contributed by atoms with Gasteiger partial charge in [0.25, 0.3) is 5.91 Å². The standard InChI is InChI=1S/C14H20N2O6S/c1-9-4-5-11(23(20,21)15-6-7-22-3)8-12(9)13(17)16-10(2)14(18)19/h4-5,8,10,15H,6-7H2,1-3H3,(H,16,17)(H,18,19)/t10-/m0/s1. The molecule has 0 spiro atoms. The molecule has 1 aromatic rings. The third-order valence-electron chi connectivity index (χ3n) is 3.08. The molecular formula is C14H20N2O6S. The Balaban J connectivity index is 3.03. The molecule has 1 rings (SSSR count). The van der Waals surface area contributed by atoms with Crippen LogP contribution in [0, 0.1) is 6.92 Å². The molecule has 1 amide bonds. The predicted molar refractivity (Wildman–Crippen MR) is 82.8 cm³/mol. The summed E-state index contributed by atoms with van der Waals surface area (Å²) >= 11 is 0. The normalized spacial score (nSPS) is 12.7. The maximum atomic E-state index is 12.1. The Bertz CT molecular complexity index is 687. The number of carbonyl (C=O) groups excluding carboxylic acids is 1. The zero-order chi connectivity index (χ0) is 17.6. The van der Waals surface area contributed by atoms with Crippen molar-refractivity contribution in [2.75, 3.05) is 20.3 Å². The van der Waals surface area contributed by atoms with Gasteiger partial charge in [0.1, 0.15) is 6.04 Å². The van der Waals surface area contributed by atoms with Gasteiger partial charge in [-0.05, 0) is 31.5 Å². The zero-order valence-electron chi connectivity index (χ0n) is 13.1. The lowest BCUT2D eigenvalue weighted by Crippen LogP contribution is -2.38. The molecule has 3 N–H and O–H groups in total. The molecule has 0 heterocycles. The number of rotatable bonds is 8. The van der Waals surface area contributed by atoms with Crippen LogP contribution in [0.5, 0.6) is 0 Å². The van der Waals surface area contributed by atoms with Crippen LogP contribution in [0.3, 0.4) is 0 Å². The maximum absolute atomic E-state index is 12.1. The van der Waals surface area contributed by atoms with Gasteiger partial charge in [-0.25, -0.2) is 13.1 Å². The topological polar surface area (TPSA) is 122 Å². The number of sulfonamides is 1. The summed E-state index contributed by atoms with van der Waals surface area (Å²) in [4.78, 5) is 22.8. The Kier molecular flexibility index (Phi) is 6.67. The van der Waals surface area contributed by atoms with Gasteiger partial charge in [0, 0.05) is 19.2 Å². The smallest absolute Gasteiger partial charge is 0.325 e. The molecule has 1 aromatic carbocycles. The Morgan fingerprint density at radius 3 is 2.57 bits per heavy atom. The Morgan fingerprint density at radius 2 is 2.00 bits per heavy atom. The quantitative estimate of drug-likeness (QED) is 0.576. The van der Waals surface area contributed by atoms with Crippen LogP contribution >= 0.6 is 0 Å². The van der Waals surface area contributed by atoms with Crippen molar-refractivity contribution in [2.24, 2.45) is 0 Å². The fraction of sp³-hybridized carbons (Fsp3) is 0.429. The van der Waals surface area contributed by atoms with Crippen molar-refractivity contribution in [2.45, 2.75) is 24.8 Å². The number of ether oxygens (including phenoxy) is 1. The molecular weight excluding hydrogens is 324 g/mol. The summed E-state index contributed by atoms with van der Waals surface area (Å²) in [6.07, 6.45) is 0. The van der Waals surface area contributed by atoms with E-state index in [2.05, 4.69) is 10.0 Å². The first-order valence-corrected chi connectivity index (χ1v) is 8.30. The summed E-state index contributed by atoms with van der Waals surface area (Å²) in [6, 6.07) is 3.00. The van der Waals surface area contributed by atoms with Gasteiger partial charge in [0.15, 0.2) is 0 Å². The molecule has 0 aromatic heterocycles. The van der Waals surface area contributed by atoms with E-state index in [4.69, 9.17) is 9.84 Å². The monoisotopic (exact) mass is 344 g/mol. The number of nitrogens with one attached hydrogen (secondary N) is 2. The van der Waals surface area contributed by atoms with Crippen molar-refractivity contribution in [3.8, 4) is 0 Å².